The minimum absolute atomic E-state index is 0.618. The highest BCUT2D eigenvalue weighted by atomic mass is 15.3. The van der Waals surface area contributed by atoms with E-state index in [9.17, 15) is 0 Å². The molecule has 19 heavy (non-hydrogen) atoms. The fourth-order valence-corrected chi connectivity index (χ4v) is 3.38. The van der Waals surface area contributed by atoms with Crippen LogP contribution in [0.5, 0.6) is 0 Å². The molecule has 2 radical (unpaired) electrons. The zero-order valence-corrected chi connectivity index (χ0v) is 11.6. The van der Waals surface area contributed by atoms with Crippen molar-refractivity contribution < 1.29 is 0 Å². The molecule has 0 amide bonds. The Balaban J connectivity index is 1.57. The van der Waals surface area contributed by atoms with Gasteiger partial charge < -0.3 is 4.90 Å². The Morgan fingerprint density at radius 2 is 1.74 bits per heavy atom. The molecule has 1 aromatic rings. The molecule has 0 N–H and O–H groups in total. The molecule has 0 atom stereocenters. The predicted octanol–water partition coefficient (Wildman–Crippen LogP) is 1.33. The van der Waals surface area contributed by atoms with Gasteiger partial charge in [-0.15, -0.1) is 0 Å². The molecule has 0 spiro atoms. The summed E-state index contributed by atoms with van der Waals surface area (Å²) in [5, 5.41) is 0. The monoisotopic (exact) mass is 255 g/mol. The Kier molecular flexibility index (Phi) is 4.07. The summed E-state index contributed by atoms with van der Waals surface area (Å²) >= 11 is 0. The maximum absolute atomic E-state index is 5.76. The molecule has 0 unspecified atom stereocenters. The number of hydrogen-bond acceptors (Lipinski definition) is 3. The van der Waals surface area contributed by atoms with Gasteiger partial charge >= 0.3 is 0 Å². The van der Waals surface area contributed by atoms with Gasteiger partial charge in [-0.1, -0.05) is 31.4 Å². The molecule has 1 aliphatic carbocycles. The molecular formula is C15H22BN3. The van der Waals surface area contributed by atoms with Gasteiger partial charge in [0.2, 0.25) is 0 Å². The van der Waals surface area contributed by atoms with Crippen LogP contribution < -0.4 is 10.5 Å². The molecule has 1 saturated heterocycles. The van der Waals surface area contributed by atoms with E-state index in [1.165, 1.54) is 45.2 Å². The summed E-state index contributed by atoms with van der Waals surface area (Å²) < 4.78 is 0. The molecule has 0 aromatic carbocycles. The van der Waals surface area contributed by atoms with Crippen LogP contribution in [0.2, 0.25) is 0 Å². The van der Waals surface area contributed by atoms with E-state index in [4.69, 9.17) is 7.85 Å². The van der Waals surface area contributed by atoms with Gasteiger partial charge in [0, 0.05) is 32.2 Å². The molecule has 2 fully saturated rings. The molecule has 3 nitrogen and oxygen atoms in total. The highest BCUT2D eigenvalue weighted by molar-refractivity contribution is 6.30. The molecule has 100 valence electrons. The largest absolute Gasteiger partial charge is 0.354 e. The lowest BCUT2D eigenvalue weighted by atomic mass is 9.94. The SMILES string of the molecule is [B]c1cccc(N2CCN(C3CCCCC3)CC2)n1. The number of rotatable bonds is 2. The van der Waals surface area contributed by atoms with E-state index < -0.39 is 0 Å². The summed E-state index contributed by atoms with van der Waals surface area (Å²) in [6.07, 6.45) is 7.07. The lowest BCUT2D eigenvalue weighted by Gasteiger charge is -2.41. The summed E-state index contributed by atoms with van der Waals surface area (Å²) in [6.45, 7) is 4.49. The number of aromatic nitrogens is 1. The summed E-state index contributed by atoms with van der Waals surface area (Å²) in [4.78, 5) is 9.46. The van der Waals surface area contributed by atoms with Crippen molar-refractivity contribution in [2.75, 3.05) is 31.1 Å². The molecule has 1 aliphatic heterocycles. The van der Waals surface area contributed by atoms with E-state index in [-0.39, 0.29) is 0 Å². The second-order valence-corrected chi connectivity index (χ2v) is 5.74. The molecule has 1 aromatic heterocycles. The van der Waals surface area contributed by atoms with Crippen LogP contribution in [0.1, 0.15) is 32.1 Å². The fourth-order valence-electron chi connectivity index (χ4n) is 3.38. The van der Waals surface area contributed by atoms with Crippen molar-refractivity contribution in [3.8, 4) is 0 Å². The van der Waals surface area contributed by atoms with E-state index in [2.05, 4.69) is 20.9 Å². The van der Waals surface area contributed by atoms with Crippen molar-refractivity contribution in [1.82, 2.24) is 9.88 Å². The van der Waals surface area contributed by atoms with Crippen LogP contribution in [0.25, 0.3) is 0 Å². The van der Waals surface area contributed by atoms with E-state index in [1.807, 2.05) is 12.1 Å². The first-order valence-electron chi connectivity index (χ1n) is 7.54. The minimum Gasteiger partial charge on any atom is -0.354 e. The molecule has 4 heteroatoms. The van der Waals surface area contributed by atoms with E-state index in [0.717, 1.165) is 24.9 Å². The Morgan fingerprint density at radius 1 is 1.00 bits per heavy atom. The molecule has 2 aliphatic rings. The van der Waals surface area contributed by atoms with Gasteiger partial charge in [-0.05, 0) is 24.5 Å². The van der Waals surface area contributed by atoms with Gasteiger partial charge in [0.1, 0.15) is 13.7 Å². The first-order chi connectivity index (χ1) is 9.33. The number of anilines is 1. The van der Waals surface area contributed by atoms with Crippen LogP contribution in [0.3, 0.4) is 0 Å². The summed E-state index contributed by atoms with van der Waals surface area (Å²) in [5.41, 5.74) is 0.618. The van der Waals surface area contributed by atoms with E-state index in [0.29, 0.717) is 5.59 Å². The number of hydrogen-bond donors (Lipinski definition) is 0. The first kappa shape index (κ1) is 13.0. The van der Waals surface area contributed by atoms with Crippen molar-refractivity contribution in [2.45, 2.75) is 38.1 Å². The molecular weight excluding hydrogens is 233 g/mol. The van der Waals surface area contributed by atoms with E-state index >= 15 is 0 Å². The Hall–Kier alpha value is -1.03. The standard InChI is InChI=1S/C15H22BN3/c16-14-7-4-8-15(17-14)19-11-9-18(10-12-19)13-5-2-1-3-6-13/h4,7-8,13H,1-3,5-6,9-12H2. The van der Waals surface area contributed by atoms with E-state index in [1.54, 1.807) is 0 Å². The molecule has 1 saturated carbocycles. The van der Waals surface area contributed by atoms with Crippen molar-refractivity contribution in [1.29, 1.82) is 0 Å². The lowest BCUT2D eigenvalue weighted by molar-refractivity contribution is 0.147. The maximum Gasteiger partial charge on any atom is 0.141 e. The van der Waals surface area contributed by atoms with Crippen molar-refractivity contribution in [3.63, 3.8) is 0 Å². The van der Waals surface area contributed by atoms with Gasteiger partial charge in [-0.25, -0.2) is 4.98 Å². The van der Waals surface area contributed by atoms with Gasteiger partial charge in [-0.3, -0.25) is 4.90 Å². The van der Waals surface area contributed by atoms with Crippen LogP contribution in [-0.4, -0.2) is 50.0 Å². The zero-order chi connectivity index (χ0) is 13.1. The Bertz CT molecular complexity index is 410. The molecule has 3 rings (SSSR count). The third kappa shape index (κ3) is 3.11. The van der Waals surface area contributed by atoms with Crippen LogP contribution in [0.4, 0.5) is 5.82 Å². The normalized spacial score (nSPS) is 22.6. The van der Waals surface area contributed by atoms with Crippen molar-refractivity contribution in [3.05, 3.63) is 18.2 Å². The second kappa shape index (κ2) is 5.95. The summed E-state index contributed by atoms with van der Waals surface area (Å²) in [6, 6.07) is 6.74. The second-order valence-electron chi connectivity index (χ2n) is 5.74. The smallest absolute Gasteiger partial charge is 0.141 e. The Labute approximate surface area is 117 Å². The average molecular weight is 255 g/mol. The highest BCUT2D eigenvalue weighted by Gasteiger charge is 2.25. The summed E-state index contributed by atoms with van der Waals surface area (Å²) in [5.74, 6) is 1.03. The third-order valence-electron chi connectivity index (χ3n) is 4.49. The maximum atomic E-state index is 5.76. The Morgan fingerprint density at radius 3 is 2.42 bits per heavy atom. The zero-order valence-electron chi connectivity index (χ0n) is 11.6. The van der Waals surface area contributed by atoms with Crippen LogP contribution in [0, 0.1) is 0 Å². The third-order valence-corrected chi connectivity index (χ3v) is 4.49. The summed E-state index contributed by atoms with van der Waals surface area (Å²) in [7, 11) is 5.76. The van der Waals surface area contributed by atoms with Crippen molar-refractivity contribution in [2.24, 2.45) is 0 Å². The molecule has 0 bridgehead atoms. The minimum atomic E-state index is 0.618. The quantitative estimate of drug-likeness (QED) is 0.743. The lowest BCUT2D eigenvalue weighted by Crippen LogP contribution is -2.51. The topological polar surface area (TPSA) is 19.4 Å². The fraction of sp³-hybridized carbons (Fsp3) is 0.667. The van der Waals surface area contributed by atoms with Crippen LogP contribution in [0.15, 0.2) is 18.2 Å². The number of pyridine rings is 1. The number of nitrogens with zero attached hydrogens (tertiary/aromatic N) is 3. The average Bonchev–Trinajstić information content (AvgIpc) is 2.48. The van der Waals surface area contributed by atoms with Crippen LogP contribution >= 0.6 is 0 Å². The van der Waals surface area contributed by atoms with Crippen LogP contribution in [-0.2, 0) is 0 Å². The first-order valence-corrected chi connectivity index (χ1v) is 7.54. The van der Waals surface area contributed by atoms with Gasteiger partial charge in [0.05, 0.1) is 0 Å². The number of piperazine rings is 1. The predicted molar refractivity (Wildman–Crippen MR) is 80.3 cm³/mol. The van der Waals surface area contributed by atoms with Gasteiger partial charge in [-0.2, -0.15) is 0 Å². The van der Waals surface area contributed by atoms with Gasteiger partial charge in [0.15, 0.2) is 0 Å². The molecule has 2 heterocycles. The van der Waals surface area contributed by atoms with Gasteiger partial charge in [0.25, 0.3) is 0 Å². The van der Waals surface area contributed by atoms with Crippen molar-refractivity contribution >= 4 is 19.3 Å². The highest BCUT2D eigenvalue weighted by Crippen LogP contribution is 2.24.